The van der Waals surface area contributed by atoms with Gasteiger partial charge < -0.3 is 45.3 Å². The quantitative estimate of drug-likeness (QED) is 0.0817. The summed E-state index contributed by atoms with van der Waals surface area (Å²) in [5, 5.41) is 12.3. The number of hydrogen-bond donors (Lipinski definition) is 4. The summed E-state index contributed by atoms with van der Waals surface area (Å²) in [6, 6.07) is 13.3. The Kier molecular flexibility index (Phi) is 22.6. The molecule has 0 aromatic heterocycles. The molecule has 2 aliphatic carbocycles. The molecule has 92 heavy (non-hydrogen) atoms. The number of carbonyl (C=O) groups is 10. The van der Waals surface area contributed by atoms with Gasteiger partial charge in [-0.25, -0.2) is 9.59 Å². The maximum Gasteiger partial charge on any atom is 0.410 e. The number of methoxy groups -OCH3 is 1. The predicted octanol–water partition coefficient (Wildman–Crippen LogP) is 9.24. The highest BCUT2D eigenvalue weighted by atomic mass is 16.6. The number of likely N-dealkylation sites (N-methyl/N-ethyl adjacent to an activating group) is 2. The van der Waals surface area contributed by atoms with E-state index in [4.69, 9.17) is 14.2 Å². The first-order chi connectivity index (χ1) is 42.8. The zero-order valence-corrected chi connectivity index (χ0v) is 57.2. The molecule has 2 saturated heterocycles. The van der Waals surface area contributed by atoms with E-state index >= 15 is 9.59 Å². The fourth-order valence-corrected chi connectivity index (χ4v) is 12.8. The van der Waals surface area contributed by atoms with Gasteiger partial charge in [0.05, 0.1) is 19.2 Å². The highest BCUT2D eigenvalue weighted by Gasteiger charge is 2.49. The van der Waals surface area contributed by atoms with E-state index in [9.17, 15) is 38.4 Å². The number of aryl methyl sites for hydroxylation is 2. The molecule has 7 rings (SSSR count). The Morgan fingerprint density at radius 1 is 0.543 bits per heavy atom. The van der Waals surface area contributed by atoms with E-state index in [0.29, 0.717) is 12.8 Å². The smallest absolute Gasteiger partial charge is 0.410 e. The van der Waals surface area contributed by atoms with E-state index in [-0.39, 0.29) is 79.3 Å². The van der Waals surface area contributed by atoms with Crippen LogP contribution in [-0.2, 0) is 51.1 Å². The largest absolute Gasteiger partial charge is 0.497 e. The van der Waals surface area contributed by atoms with Crippen LogP contribution in [-0.4, -0.2) is 161 Å². The highest BCUT2D eigenvalue weighted by Crippen LogP contribution is 2.37. The molecule has 0 unspecified atom stereocenters. The lowest BCUT2D eigenvalue weighted by Gasteiger charge is -2.37. The molecule has 2 fully saturated rings. The van der Waals surface area contributed by atoms with E-state index < -0.39 is 118 Å². The number of hydrogen-bond acceptors (Lipinski definition) is 13. The number of ketones is 2. The number of likely N-dealkylation sites (tertiary alicyclic amines) is 2. The molecule has 3 aromatic carbocycles. The minimum absolute atomic E-state index is 0.0176. The maximum atomic E-state index is 15.2. The van der Waals surface area contributed by atoms with E-state index in [2.05, 4.69) is 21.3 Å². The van der Waals surface area contributed by atoms with Crippen LogP contribution in [0, 0.1) is 22.7 Å². The maximum absolute atomic E-state index is 15.2. The molecule has 502 valence electrons. The average Bonchev–Trinajstić information content (AvgIpc) is 1.63. The second kappa shape index (κ2) is 29.0. The normalized spacial score (nSPS) is 21.2. The third-order valence-electron chi connectivity index (χ3n) is 18.1. The molecule has 0 saturated carbocycles. The Morgan fingerprint density at radius 3 is 1.24 bits per heavy atom. The number of amides is 8. The van der Waals surface area contributed by atoms with Crippen LogP contribution in [0.15, 0.2) is 66.7 Å². The first-order valence-electron chi connectivity index (χ1n) is 32.5. The van der Waals surface area contributed by atoms with Crippen LogP contribution < -0.4 is 26.0 Å². The van der Waals surface area contributed by atoms with E-state index in [1.165, 1.54) is 63.1 Å². The van der Waals surface area contributed by atoms with Crippen LogP contribution in [0.1, 0.15) is 203 Å². The SMILES string of the molecule is COc1cc(C(=O)C[C@H]2C[C@@H](C(=O)N[C@@H]3CCCc4ccccc43)N(C(=O)[C@@H](NC(=O)[C@H](C)N(C)C(=O)OC(C)(C)C)C(C)(C)C)C2)cc(C(=O)C[C@H]2C[C@@H](C(=O)N[C@@H]3CCCc4ccccc43)N(C(=O)[C@@H](NC(=O)[C@H](C)N(C)C(=O)OC(C)(C)C)C(C)(C)C)C2)c1. The number of ether oxygens (including phenoxy) is 3. The van der Waals surface area contributed by atoms with Crippen molar-refractivity contribution in [3.05, 3.63) is 100 Å². The number of benzene rings is 3. The Bertz CT molecular complexity index is 3060. The van der Waals surface area contributed by atoms with Crippen molar-refractivity contribution < 1.29 is 62.2 Å². The zero-order valence-electron chi connectivity index (χ0n) is 57.2. The number of rotatable bonds is 19. The van der Waals surface area contributed by atoms with Gasteiger partial charge in [-0.1, -0.05) is 90.1 Å². The van der Waals surface area contributed by atoms with Gasteiger partial charge in [-0.2, -0.15) is 0 Å². The van der Waals surface area contributed by atoms with E-state index in [0.717, 1.165) is 57.7 Å². The van der Waals surface area contributed by atoms with Crippen molar-refractivity contribution in [1.29, 1.82) is 0 Å². The van der Waals surface area contributed by atoms with Gasteiger partial charge in [0.25, 0.3) is 0 Å². The Morgan fingerprint density at radius 2 is 0.902 bits per heavy atom. The summed E-state index contributed by atoms with van der Waals surface area (Å²) in [6.07, 6.45) is 3.29. The molecule has 0 bridgehead atoms. The lowest BCUT2D eigenvalue weighted by Crippen LogP contribution is -2.60. The van der Waals surface area contributed by atoms with E-state index in [1.807, 2.05) is 48.5 Å². The van der Waals surface area contributed by atoms with Crippen LogP contribution in [0.5, 0.6) is 5.75 Å². The minimum Gasteiger partial charge on any atom is -0.497 e. The molecular weight excluding hydrogens is 1170 g/mol. The zero-order chi connectivity index (χ0) is 68.1. The summed E-state index contributed by atoms with van der Waals surface area (Å²) in [7, 11) is 4.30. The number of Topliss-reactive ketones (excluding diaryl/α,β-unsaturated/α-hetero) is 2. The standard InChI is InChI=1S/C71H100N8O13/c1-41(76(15)66(88)91-70(9,10)11)60(82)74-58(68(3,4)5)64(86)78-39-43(32-54(78)62(84)72-52-30-22-26-45-24-18-20-28-50(45)52)34-56(80)47-36-48(38-49(37-47)90-17)57(81)35-44-33-55(63(85)73-53-31-23-27-46-25-19-21-29-51(46)53)79(40-44)65(87)59(69(6,7)8)75-61(83)42(2)77(16)67(89)92-71(12,13)14/h18-21,24-25,28-29,36-38,41-44,52-55,58-59H,22-23,26-27,30-35,39-40H2,1-17H3,(H,72,84)(H,73,85)(H,74,82)(H,75,83)/t41-,42-,43+,44+,52+,53+,54-,55-,58+,59+/m0/s1. The minimum atomic E-state index is -1.17. The molecule has 21 heteroatoms. The van der Waals surface area contributed by atoms with Gasteiger partial charge in [0.15, 0.2) is 11.6 Å². The van der Waals surface area contributed by atoms with Crippen molar-refractivity contribution in [2.75, 3.05) is 34.3 Å². The average molecular weight is 1270 g/mol. The topological polar surface area (TPSA) is 259 Å². The molecule has 0 radical (unpaired) electrons. The van der Waals surface area contributed by atoms with Gasteiger partial charge >= 0.3 is 12.2 Å². The predicted molar refractivity (Wildman–Crippen MR) is 348 cm³/mol. The molecule has 2 aliphatic heterocycles. The molecule has 8 amide bonds. The van der Waals surface area contributed by atoms with Crippen LogP contribution in [0.4, 0.5) is 9.59 Å². The number of fused-ring (bicyclic) bond motifs is 2. The summed E-state index contributed by atoms with van der Waals surface area (Å²) < 4.78 is 16.7. The van der Waals surface area contributed by atoms with Gasteiger partial charge in [-0.3, -0.25) is 48.2 Å². The second-order valence-electron chi connectivity index (χ2n) is 29.9. The molecule has 2 heterocycles. The lowest BCUT2D eigenvalue weighted by atomic mass is 9.85. The van der Waals surface area contributed by atoms with Crippen molar-refractivity contribution in [3.8, 4) is 5.75 Å². The van der Waals surface area contributed by atoms with Gasteiger partial charge in [0.1, 0.15) is 53.2 Å². The van der Waals surface area contributed by atoms with Gasteiger partial charge in [-0.05, 0) is 170 Å². The summed E-state index contributed by atoms with van der Waals surface area (Å²) in [4.78, 5) is 149. The summed E-state index contributed by atoms with van der Waals surface area (Å²) in [5.74, 6) is -4.72. The van der Waals surface area contributed by atoms with E-state index in [1.54, 1.807) is 83.1 Å². The Labute approximate surface area is 543 Å². The fraction of sp³-hybridized carbons (Fsp3) is 0.606. The number of nitrogens with one attached hydrogen (secondary N) is 4. The third-order valence-corrected chi connectivity index (χ3v) is 18.1. The molecule has 4 N–H and O–H groups in total. The molecule has 0 spiro atoms. The first kappa shape index (κ1) is 71.6. The highest BCUT2D eigenvalue weighted by molar-refractivity contribution is 6.03. The van der Waals surface area contributed by atoms with Crippen LogP contribution in [0.3, 0.4) is 0 Å². The molecule has 21 nitrogen and oxygen atoms in total. The van der Waals surface area contributed by atoms with Crippen LogP contribution in [0.2, 0.25) is 0 Å². The monoisotopic (exact) mass is 1270 g/mol. The van der Waals surface area contributed by atoms with Crippen molar-refractivity contribution in [1.82, 2.24) is 40.9 Å². The van der Waals surface area contributed by atoms with Crippen LogP contribution in [0.25, 0.3) is 0 Å². The van der Waals surface area contributed by atoms with Gasteiger partial charge in [-0.15, -0.1) is 0 Å². The van der Waals surface area contributed by atoms with Gasteiger partial charge in [0, 0.05) is 51.2 Å². The van der Waals surface area contributed by atoms with Crippen molar-refractivity contribution in [2.24, 2.45) is 22.7 Å². The molecular formula is C71H100N8O13. The second-order valence-corrected chi connectivity index (χ2v) is 29.9. The number of carbonyl (C=O) groups excluding carboxylic acids is 10. The van der Waals surface area contributed by atoms with Gasteiger partial charge in [0.2, 0.25) is 35.4 Å². The van der Waals surface area contributed by atoms with Crippen molar-refractivity contribution in [3.63, 3.8) is 0 Å². The van der Waals surface area contributed by atoms with Crippen LogP contribution >= 0.6 is 0 Å². The summed E-state index contributed by atoms with van der Waals surface area (Å²) in [6.45, 7) is 24.1. The molecule has 4 aliphatic rings. The van der Waals surface area contributed by atoms with Crippen molar-refractivity contribution in [2.45, 2.75) is 221 Å². The fourth-order valence-electron chi connectivity index (χ4n) is 12.8. The summed E-state index contributed by atoms with van der Waals surface area (Å²) in [5.41, 5.74) is 1.12. The molecule has 3 aromatic rings. The summed E-state index contributed by atoms with van der Waals surface area (Å²) >= 11 is 0. The Balaban J connectivity index is 1.13. The number of nitrogens with zero attached hydrogens (tertiary/aromatic N) is 4. The first-order valence-corrected chi connectivity index (χ1v) is 32.5. The van der Waals surface area contributed by atoms with Crippen molar-refractivity contribution >= 4 is 59.2 Å². The third kappa shape index (κ3) is 17.8. The lowest BCUT2D eigenvalue weighted by molar-refractivity contribution is -0.144. The Hall–Kier alpha value is -7.84. The molecule has 10 atom stereocenters.